The van der Waals surface area contributed by atoms with Crippen LogP contribution < -0.4 is 5.32 Å². The zero-order valence-electron chi connectivity index (χ0n) is 8.87. The first-order chi connectivity index (χ1) is 7.25. The molecule has 1 aromatic rings. The molecular formula is C12H16ClNO. The Morgan fingerprint density at radius 2 is 2.40 bits per heavy atom. The Hall–Kier alpha value is -0.570. The minimum absolute atomic E-state index is 0.119. The average molecular weight is 226 g/mol. The van der Waals surface area contributed by atoms with E-state index in [-0.39, 0.29) is 6.10 Å². The van der Waals surface area contributed by atoms with E-state index in [4.69, 9.17) is 16.3 Å². The number of benzene rings is 1. The van der Waals surface area contributed by atoms with Crippen LogP contribution in [0.3, 0.4) is 0 Å². The summed E-state index contributed by atoms with van der Waals surface area (Å²) in [5.74, 6) is 0. The van der Waals surface area contributed by atoms with E-state index < -0.39 is 0 Å². The van der Waals surface area contributed by atoms with Crippen molar-refractivity contribution < 1.29 is 4.74 Å². The highest BCUT2D eigenvalue weighted by atomic mass is 35.5. The molecule has 1 fully saturated rings. The summed E-state index contributed by atoms with van der Waals surface area (Å²) >= 11 is 5.94. The predicted molar refractivity (Wildman–Crippen MR) is 62.2 cm³/mol. The van der Waals surface area contributed by atoms with E-state index in [1.165, 1.54) is 0 Å². The summed E-state index contributed by atoms with van der Waals surface area (Å²) in [7, 11) is 0. The van der Waals surface area contributed by atoms with Crippen LogP contribution in [-0.2, 0) is 4.74 Å². The van der Waals surface area contributed by atoms with Crippen LogP contribution >= 0.6 is 11.6 Å². The van der Waals surface area contributed by atoms with E-state index in [0.717, 1.165) is 30.1 Å². The van der Waals surface area contributed by atoms with Crippen molar-refractivity contribution in [3.05, 3.63) is 34.9 Å². The van der Waals surface area contributed by atoms with Crippen molar-refractivity contribution >= 4 is 11.6 Å². The number of ether oxygens (including phenoxy) is 1. The molecule has 2 nitrogen and oxygen atoms in total. The van der Waals surface area contributed by atoms with Gasteiger partial charge < -0.3 is 10.1 Å². The van der Waals surface area contributed by atoms with Gasteiger partial charge in [-0.2, -0.15) is 0 Å². The summed E-state index contributed by atoms with van der Waals surface area (Å²) in [5, 5.41) is 4.06. The standard InChI is InChI=1S/C12H16ClNO/c1-9(15-12-5-6-14-8-12)10-3-2-4-11(13)7-10/h2-4,7,9,12,14H,5-6,8H2,1H3/t9-,12+/m0/s1. The molecule has 0 saturated carbocycles. The predicted octanol–water partition coefficient (Wildman–Crippen LogP) is 2.78. The second kappa shape index (κ2) is 4.97. The molecule has 0 bridgehead atoms. The van der Waals surface area contributed by atoms with Crippen molar-refractivity contribution in [3.8, 4) is 0 Å². The van der Waals surface area contributed by atoms with Gasteiger partial charge in [0.25, 0.3) is 0 Å². The average Bonchev–Trinajstić information content (AvgIpc) is 2.70. The highest BCUT2D eigenvalue weighted by Crippen LogP contribution is 2.22. The van der Waals surface area contributed by atoms with E-state index >= 15 is 0 Å². The molecule has 0 amide bonds. The summed E-state index contributed by atoms with van der Waals surface area (Å²) < 4.78 is 5.93. The summed E-state index contributed by atoms with van der Waals surface area (Å²) in [5.41, 5.74) is 1.15. The first kappa shape index (κ1) is 10.9. The molecule has 0 aliphatic carbocycles. The Balaban J connectivity index is 1.97. The fourth-order valence-electron chi connectivity index (χ4n) is 1.87. The van der Waals surface area contributed by atoms with E-state index in [1.807, 2.05) is 18.2 Å². The smallest absolute Gasteiger partial charge is 0.0801 e. The molecule has 2 rings (SSSR count). The lowest BCUT2D eigenvalue weighted by atomic mass is 10.1. The molecule has 1 aliphatic heterocycles. The summed E-state index contributed by atoms with van der Waals surface area (Å²) in [6.07, 6.45) is 1.57. The fraction of sp³-hybridized carbons (Fsp3) is 0.500. The molecule has 3 heteroatoms. The quantitative estimate of drug-likeness (QED) is 0.854. The molecule has 1 saturated heterocycles. The number of rotatable bonds is 3. The number of nitrogens with one attached hydrogen (secondary N) is 1. The van der Waals surface area contributed by atoms with Gasteiger partial charge in [0.1, 0.15) is 0 Å². The van der Waals surface area contributed by atoms with Crippen molar-refractivity contribution in [2.45, 2.75) is 25.6 Å². The molecule has 1 aliphatic rings. The Bertz CT molecular complexity index is 323. The minimum Gasteiger partial charge on any atom is -0.369 e. The van der Waals surface area contributed by atoms with Crippen molar-refractivity contribution in [3.63, 3.8) is 0 Å². The zero-order chi connectivity index (χ0) is 10.7. The van der Waals surface area contributed by atoms with Gasteiger partial charge >= 0.3 is 0 Å². The van der Waals surface area contributed by atoms with Gasteiger partial charge in [-0.25, -0.2) is 0 Å². The van der Waals surface area contributed by atoms with Gasteiger partial charge in [-0.3, -0.25) is 0 Å². The zero-order valence-corrected chi connectivity index (χ0v) is 9.63. The van der Waals surface area contributed by atoms with Gasteiger partial charge in [0.05, 0.1) is 12.2 Å². The van der Waals surface area contributed by atoms with Crippen molar-refractivity contribution in [1.82, 2.24) is 5.32 Å². The SMILES string of the molecule is C[C@H](O[C@@H]1CCNC1)c1cccc(Cl)c1. The molecule has 1 N–H and O–H groups in total. The highest BCUT2D eigenvalue weighted by molar-refractivity contribution is 6.30. The molecule has 0 radical (unpaired) electrons. The Labute approximate surface area is 95.6 Å². The van der Waals surface area contributed by atoms with Crippen LogP contribution in [0.5, 0.6) is 0 Å². The van der Waals surface area contributed by atoms with Crippen LogP contribution in [0.15, 0.2) is 24.3 Å². The second-order valence-electron chi connectivity index (χ2n) is 3.95. The van der Waals surface area contributed by atoms with Gasteiger partial charge in [0, 0.05) is 11.6 Å². The molecule has 15 heavy (non-hydrogen) atoms. The molecule has 2 atom stereocenters. The lowest BCUT2D eigenvalue weighted by Crippen LogP contribution is -2.18. The molecule has 0 spiro atoms. The Kier molecular flexibility index (Phi) is 3.62. The third kappa shape index (κ3) is 2.94. The fourth-order valence-corrected chi connectivity index (χ4v) is 2.07. The van der Waals surface area contributed by atoms with Gasteiger partial charge in [-0.05, 0) is 37.6 Å². The molecule has 0 aromatic heterocycles. The second-order valence-corrected chi connectivity index (χ2v) is 4.38. The van der Waals surface area contributed by atoms with E-state index in [2.05, 4.69) is 18.3 Å². The lowest BCUT2D eigenvalue weighted by Gasteiger charge is -2.18. The topological polar surface area (TPSA) is 21.3 Å². The van der Waals surface area contributed by atoms with Crippen LogP contribution in [0.4, 0.5) is 0 Å². The van der Waals surface area contributed by atoms with Crippen LogP contribution in [0.25, 0.3) is 0 Å². The molecule has 1 heterocycles. The minimum atomic E-state index is 0.119. The van der Waals surface area contributed by atoms with E-state index in [0.29, 0.717) is 6.10 Å². The van der Waals surface area contributed by atoms with Crippen LogP contribution in [0, 0.1) is 0 Å². The number of halogens is 1. The number of hydrogen-bond acceptors (Lipinski definition) is 2. The van der Waals surface area contributed by atoms with Crippen molar-refractivity contribution in [2.75, 3.05) is 13.1 Å². The third-order valence-corrected chi connectivity index (χ3v) is 2.96. The maximum absolute atomic E-state index is 5.94. The van der Waals surface area contributed by atoms with Gasteiger partial charge in [0.15, 0.2) is 0 Å². The third-order valence-electron chi connectivity index (χ3n) is 2.73. The maximum atomic E-state index is 5.94. The summed E-state index contributed by atoms with van der Waals surface area (Å²) in [6.45, 7) is 4.10. The van der Waals surface area contributed by atoms with Gasteiger partial charge in [-0.15, -0.1) is 0 Å². The van der Waals surface area contributed by atoms with Crippen LogP contribution in [0.2, 0.25) is 5.02 Å². The van der Waals surface area contributed by atoms with Gasteiger partial charge in [-0.1, -0.05) is 23.7 Å². The van der Waals surface area contributed by atoms with Crippen LogP contribution in [-0.4, -0.2) is 19.2 Å². The highest BCUT2D eigenvalue weighted by Gasteiger charge is 2.18. The molecule has 1 aromatic carbocycles. The molecular weight excluding hydrogens is 210 g/mol. The van der Waals surface area contributed by atoms with Crippen LogP contribution in [0.1, 0.15) is 25.0 Å². The molecule has 0 unspecified atom stereocenters. The lowest BCUT2D eigenvalue weighted by molar-refractivity contribution is 0.00829. The van der Waals surface area contributed by atoms with E-state index in [1.54, 1.807) is 0 Å². The monoisotopic (exact) mass is 225 g/mol. The Morgan fingerprint density at radius 1 is 1.53 bits per heavy atom. The summed E-state index contributed by atoms with van der Waals surface area (Å²) in [4.78, 5) is 0. The first-order valence-corrected chi connectivity index (χ1v) is 5.75. The van der Waals surface area contributed by atoms with Crippen molar-refractivity contribution in [1.29, 1.82) is 0 Å². The number of hydrogen-bond donors (Lipinski definition) is 1. The molecule has 82 valence electrons. The van der Waals surface area contributed by atoms with Crippen molar-refractivity contribution in [2.24, 2.45) is 0 Å². The Morgan fingerprint density at radius 3 is 3.07 bits per heavy atom. The van der Waals surface area contributed by atoms with Gasteiger partial charge in [0.2, 0.25) is 0 Å². The largest absolute Gasteiger partial charge is 0.369 e. The summed E-state index contributed by atoms with van der Waals surface area (Å²) in [6, 6.07) is 7.87. The first-order valence-electron chi connectivity index (χ1n) is 5.37. The normalized spacial score (nSPS) is 22.9. The maximum Gasteiger partial charge on any atom is 0.0801 e. The van der Waals surface area contributed by atoms with E-state index in [9.17, 15) is 0 Å².